The summed E-state index contributed by atoms with van der Waals surface area (Å²) in [5.74, 6) is 0.566. The van der Waals surface area contributed by atoms with Crippen LogP contribution in [0.25, 0.3) is 0 Å². The molecule has 172 valence electrons. The normalized spacial score (nSPS) is 14.1. The predicted molar refractivity (Wildman–Crippen MR) is 130 cm³/mol. The number of nitrogens with one attached hydrogen (secondary N) is 2. The first-order chi connectivity index (χ1) is 16.0. The van der Waals surface area contributed by atoms with Gasteiger partial charge in [-0.05, 0) is 56.2 Å². The summed E-state index contributed by atoms with van der Waals surface area (Å²) in [7, 11) is 0. The Morgan fingerprint density at radius 2 is 1.82 bits per heavy atom. The predicted octanol–water partition coefficient (Wildman–Crippen LogP) is 5.11. The molecule has 7 nitrogen and oxygen atoms in total. The van der Waals surface area contributed by atoms with Crippen LogP contribution >= 0.6 is 22.9 Å². The summed E-state index contributed by atoms with van der Waals surface area (Å²) in [6.45, 7) is 3.29. The minimum atomic E-state index is -0.130. The number of urea groups is 1. The first kappa shape index (κ1) is 23.1. The number of ether oxygens (including phenoxy) is 1. The van der Waals surface area contributed by atoms with Crippen molar-refractivity contribution >= 4 is 40.6 Å². The van der Waals surface area contributed by atoms with Crippen LogP contribution in [0.5, 0.6) is 5.75 Å². The van der Waals surface area contributed by atoms with Crippen LogP contribution in [0.3, 0.4) is 0 Å². The van der Waals surface area contributed by atoms with Crippen molar-refractivity contribution in [3.63, 3.8) is 0 Å². The second-order valence-electron chi connectivity index (χ2n) is 7.80. The van der Waals surface area contributed by atoms with Gasteiger partial charge in [0.15, 0.2) is 0 Å². The number of hydrogen-bond donors (Lipinski definition) is 2. The van der Waals surface area contributed by atoms with Gasteiger partial charge in [0.1, 0.15) is 22.2 Å². The van der Waals surface area contributed by atoms with E-state index in [0.29, 0.717) is 47.3 Å². The lowest BCUT2D eigenvalue weighted by atomic mass is 10.1. The van der Waals surface area contributed by atoms with Crippen LogP contribution < -0.4 is 15.4 Å². The molecular weight excluding hydrogens is 460 g/mol. The summed E-state index contributed by atoms with van der Waals surface area (Å²) in [5.41, 5.74) is 1.46. The van der Waals surface area contributed by atoms with Gasteiger partial charge in [-0.1, -0.05) is 29.8 Å². The summed E-state index contributed by atoms with van der Waals surface area (Å²) < 4.78 is 5.74. The van der Waals surface area contributed by atoms with Gasteiger partial charge in [-0.2, -0.15) is 0 Å². The van der Waals surface area contributed by atoms with E-state index in [0.717, 1.165) is 10.7 Å². The molecule has 2 aromatic carbocycles. The van der Waals surface area contributed by atoms with Crippen molar-refractivity contribution in [1.82, 2.24) is 15.2 Å². The number of piperidine rings is 1. The lowest BCUT2D eigenvalue weighted by Gasteiger charge is -2.32. The molecule has 0 unspecified atom stereocenters. The minimum absolute atomic E-state index is 0.0218. The molecule has 0 saturated carbocycles. The third kappa shape index (κ3) is 6.24. The molecule has 0 spiro atoms. The number of carbonyl (C=O) groups excluding carboxylic acids is 2. The van der Waals surface area contributed by atoms with Gasteiger partial charge in [-0.25, -0.2) is 9.78 Å². The Morgan fingerprint density at radius 1 is 1.12 bits per heavy atom. The molecule has 0 aliphatic carbocycles. The molecule has 0 atom stereocenters. The van der Waals surface area contributed by atoms with Crippen LogP contribution in [0, 0.1) is 6.92 Å². The van der Waals surface area contributed by atoms with Gasteiger partial charge in [0.25, 0.3) is 5.91 Å². The summed E-state index contributed by atoms with van der Waals surface area (Å²) in [6, 6.07) is 16.4. The highest BCUT2D eigenvalue weighted by Crippen LogP contribution is 2.22. The molecule has 3 amide bonds. The number of halogens is 1. The number of likely N-dealkylation sites (tertiary alicyclic amines) is 1. The van der Waals surface area contributed by atoms with Crippen molar-refractivity contribution in [2.24, 2.45) is 0 Å². The van der Waals surface area contributed by atoms with E-state index in [1.54, 1.807) is 29.2 Å². The Morgan fingerprint density at radius 3 is 2.52 bits per heavy atom. The number of anilines is 1. The summed E-state index contributed by atoms with van der Waals surface area (Å²) >= 11 is 7.23. The average Bonchev–Trinajstić information content (AvgIpc) is 3.20. The molecular formula is C24H25ClN4O3S. The van der Waals surface area contributed by atoms with Gasteiger partial charge in [0.2, 0.25) is 0 Å². The second kappa shape index (κ2) is 10.7. The smallest absolute Gasteiger partial charge is 0.321 e. The van der Waals surface area contributed by atoms with Gasteiger partial charge < -0.3 is 20.3 Å². The van der Waals surface area contributed by atoms with E-state index in [-0.39, 0.29) is 24.6 Å². The molecule has 2 heterocycles. The van der Waals surface area contributed by atoms with E-state index in [1.807, 2.05) is 37.3 Å². The monoisotopic (exact) mass is 484 g/mol. The number of para-hydroxylation sites is 1. The molecule has 2 N–H and O–H groups in total. The molecule has 0 radical (unpaired) electrons. The maximum absolute atomic E-state index is 12.8. The van der Waals surface area contributed by atoms with Gasteiger partial charge in [0, 0.05) is 29.8 Å². The van der Waals surface area contributed by atoms with Gasteiger partial charge in [-0.3, -0.25) is 4.79 Å². The van der Waals surface area contributed by atoms with Crippen molar-refractivity contribution < 1.29 is 14.3 Å². The van der Waals surface area contributed by atoms with Crippen LogP contribution in [0.15, 0.2) is 54.6 Å². The fraction of sp³-hybridized carbons (Fsp3) is 0.292. The zero-order valence-corrected chi connectivity index (χ0v) is 19.8. The van der Waals surface area contributed by atoms with E-state index in [2.05, 4.69) is 15.6 Å². The summed E-state index contributed by atoms with van der Waals surface area (Å²) in [5, 5.41) is 7.38. The molecule has 9 heteroatoms. The fourth-order valence-corrected chi connectivity index (χ4v) is 4.61. The molecule has 1 fully saturated rings. The second-order valence-corrected chi connectivity index (χ2v) is 9.32. The van der Waals surface area contributed by atoms with E-state index < -0.39 is 0 Å². The first-order valence-electron chi connectivity index (χ1n) is 10.7. The van der Waals surface area contributed by atoms with Gasteiger partial charge >= 0.3 is 6.03 Å². The Kier molecular flexibility index (Phi) is 7.47. The van der Waals surface area contributed by atoms with Crippen LogP contribution in [-0.2, 0) is 6.61 Å². The van der Waals surface area contributed by atoms with Crippen molar-refractivity contribution in [2.45, 2.75) is 32.4 Å². The standard InChI is InChI=1S/C24H25ClN4O3S/c1-16-22(33-21(26-16)15-32-20-9-7-17(25)8-10-20)23(30)27-19-11-13-29(14-12-19)24(31)28-18-5-3-2-4-6-18/h2-10,19H,11-15H2,1H3,(H,27,30)(H,28,31). The van der Waals surface area contributed by atoms with Crippen molar-refractivity contribution in [3.8, 4) is 5.75 Å². The summed E-state index contributed by atoms with van der Waals surface area (Å²) in [4.78, 5) is 32.1. The third-order valence-corrected chi connectivity index (χ3v) is 6.75. The van der Waals surface area contributed by atoms with Gasteiger partial charge in [0.05, 0.1) is 5.69 Å². The minimum Gasteiger partial charge on any atom is -0.486 e. The molecule has 0 bridgehead atoms. The maximum atomic E-state index is 12.8. The third-order valence-electron chi connectivity index (χ3n) is 5.37. The average molecular weight is 485 g/mol. The van der Waals surface area contributed by atoms with E-state index in [1.165, 1.54) is 11.3 Å². The van der Waals surface area contributed by atoms with Crippen LogP contribution in [0.2, 0.25) is 5.02 Å². The Hall–Kier alpha value is -3.10. The first-order valence-corrected chi connectivity index (χ1v) is 11.9. The summed E-state index contributed by atoms with van der Waals surface area (Å²) in [6.07, 6.45) is 1.41. The Labute approximate surface area is 201 Å². The SMILES string of the molecule is Cc1nc(COc2ccc(Cl)cc2)sc1C(=O)NC1CCN(C(=O)Nc2ccccc2)CC1. The molecule has 4 rings (SSSR count). The lowest BCUT2D eigenvalue weighted by molar-refractivity contribution is 0.0922. The fourth-order valence-electron chi connectivity index (χ4n) is 3.60. The number of aryl methyl sites for hydroxylation is 1. The topological polar surface area (TPSA) is 83.6 Å². The van der Waals surface area contributed by atoms with Gasteiger partial charge in [-0.15, -0.1) is 11.3 Å². The molecule has 1 aliphatic rings. The van der Waals surface area contributed by atoms with Crippen LogP contribution in [-0.4, -0.2) is 41.0 Å². The molecule has 33 heavy (non-hydrogen) atoms. The number of thiazole rings is 1. The number of nitrogens with zero attached hydrogens (tertiary/aromatic N) is 2. The number of rotatable bonds is 6. The van der Waals surface area contributed by atoms with Crippen LogP contribution in [0.4, 0.5) is 10.5 Å². The Balaban J connectivity index is 1.26. The van der Waals surface area contributed by atoms with Crippen molar-refractivity contribution in [3.05, 3.63) is 75.2 Å². The number of benzene rings is 2. The number of hydrogen-bond acceptors (Lipinski definition) is 5. The van der Waals surface area contributed by atoms with Crippen molar-refractivity contribution in [2.75, 3.05) is 18.4 Å². The van der Waals surface area contributed by atoms with Crippen molar-refractivity contribution in [1.29, 1.82) is 0 Å². The Bertz CT molecular complexity index is 1100. The molecule has 3 aromatic rings. The number of aromatic nitrogens is 1. The van der Waals surface area contributed by atoms with Crippen LogP contribution in [0.1, 0.15) is 33.2 Å². The molecule has 1 aromatic heterocycles. The number of amides is 3. The molecule has 1 aliphatic heterocycles. The highest BCUT2D eigenvalue weighted by atomic mass is 35.5. The quantitative estimate of drug-likeness (QED) is 0.509. The zero-order chi connectivity index (χ0) is 23.2. The highest BCUT2D eigenvalue weighted by Gasteiger charge is 2.25. The van der Waals surface area contributed by atoms with E-state index in [4.69, 9.17) is 16.3 Å². The van der Waals surface area contributed by atoms with E-state index >= 15 is 0 Å². The number of carbonyl (C=O) groups is 2. The highest BCUT2D eigenvalue weighted by molar-refractivity contribution is 7.13. The zero-order valence-electron chi connectivity index (χ0n) is 18.2. The maximum Gasteiger partial charge on any atom is 0.321 e. The lowest BCUT2D eigenvalue weighted by Crippen LogP contribution is -2.47. The molecule has 1 saturated heterocycles. The largest absolute Gasteiger partial charge is 0.486 e. The van der Waals surface area contributed by atoms with E-state index in [9.17, 15) is 9.59 Å².